The quantitative estimate of drug-likeness (QED) is 0.0162. The third kappa shape index (κ3) is 19.9. The number of carbonyl (C=O) groups is 7. The average Bonchev–Trinajstić information content (AvgIpc) is 1.57. The van der Waals surface area contributed by atoms with Crippen LogP contribution < -0.4 is 27.2 Å². The molecule has 5 heterocycles. The zero-order valence-electron chi connectivity index (χ0n) is 49.4. The summed E-state index contributed by atoms with van der Waals surface area (Å²) in [6, 6.07) is 11.8. The maximum absolute atomic E-state index is 13.9. The van der Waals surface area contributed by atoms with Crippen LogP contribution in [0.5, 0.6) is 5.75 Å². The Kier molecular flexibility index (Phi) is 27.3. The fraction of sp³-hybridized carbons (Fsp3) is 0.517. The second kappa shape index (κ2) is 35.4. The maximum Gasteiger partial charge on any atom is 0.509 e. The van der Waals surface area contributed by atoms with E-state index in [2.05, 4.69) is 16.0 Å². The summed E-state index contributed by atoms with van der Waals surface area (Å²) in [6.07, 6.45) is 3.25. The first-order valence-corrected chi connectivity index (χ1v) is 29.3. The minimum Gasteiger partial charge on any atom is -0.508 e. The summed E-state index contributed by atoms with van der Waals surface area (Å²) < 4.78 is 61.6. The number of hydrogen-bond donors (Lipinski definition) is 5. The number of benzene rings is 2. The van der Waals surface area contributed by atoms with Crippen molar-refractivity contribution in [2.75, 3.05) is 131 Å². The van der Waals surface area contributed by atoms with Crippen molar-refractivity contribution in [3.05, 3.63) is 98.9 Å². The molecule has 3 aliphatic rings. The maximum atomic E-state index is 13.9. The number of aromatic hydroxyl groups is 1. The Morgan fingerprint density at radius 1 is 0.739 bits per heavy atom. The number of cyclic esters (lactones) is 1. The predicted octanol–water partition coefficient (Wildman–Crippen LogP) is 1.93. The van der Waals surface area contributed by atoms with Crippen molar-refractivity contribution in [1.82, 2.24) is 25.1 Å². The number of aromatic nitrogens is 2. The van der Waals surface area contributed by atoms with Crippen LogP contribution in [0.25, 0.3) is 22.3 Å². The second-order valence-electron chi connectivity index (χ2n) is 20.2. The molecule has 0 bridgehead atoms. The van der Waals surface area contributed by atoms with Gasteiger partial charge in [0.25, 0.3) is 17.4 Å². The SMILES string of the molecule is [B][C@@]1(OC(=O)OCc2ccc(NC(=O)[C@H](CCCCN)NC(=O)CCOCCOCCOCCOCCOCCOCCOCCOCCNC(=O)CCN3C(=O)C=CC3=O)cc2)C(=O)OCc2c1cc1n(c2=O)Cc2c-1nc1ccc(O)cc1c2CC. The molecule has 4 aromatic rings. The van der Waals surface area contributed by atoms with Gasteiger partial charge in [0.2, 0.25) is 17.7 Å². The monoisotopic (exact) mass is 1230 g/mol. The molecule has 5 amide bonds. The lowest BCUT2D eigenvalue weighted by atomic mass is 9.72. The molecule has 88 heavy (non-hydrogen) atoms. The van der Waals surface area contributed by atoms with Gasteiger partial charge in [-0.2, -0.15) is 0 Å². The second-order valence-corrected chi connectivity index (χ2v) is 20.2. The van der Waals surface area contributed by atoms with Crippen LogP contribution in [0.15, 0.2) is 65.5 Å². The number of phenols is 1. The molecule has 2 atom stereocenters. The summed E-state index contributed by atoms with van der Waals surface area (Å²) in [4.78, 5) is 107. The summed E-state index contributed by atoms with van der Waals surface area (Å²) >= 11 is 0. The lowest BCUT2D eigenvalue weighted by Gasteiger charge is -2.33. The minimum atomic E-state index is -2.53. The lowest BCUT2D eigenvalue weighted by Crippen LogP contribution is -2.48. The van der Waals surface area contributed by atoms with Crippen LogP contribution in [0.1, 0.15) is 66.8 Å². The van der Waals surface area contributed by atoms with E-state index in [9.17, 15) is 43.5 Å². The van der Waals surface area contributed by atoms with E-state index < -0.39 is 53.6 Å². The van der Waals surface area contributed by atoms with E-state index >= 15 is 0 Å². The molecule has 0 saturated carbocycles. The molecule has 0 unspecified atom stereocenters. The van der Waals surface area contributed by atoms with Crippen LogP contribution in [-0.2, 0) is 113 Å². The molecule has 28 heteroatoms. The highest BCUT2D eigenvalue weighted by Crippen LogP contribution is 2.40. The first-order valence-electron chi connectivity index (χ1n) is 29.3. The van der Waals surface area contributed by atoms with Crippen molar-refractivity contribution in [1.29, 1.82) is 0 Å². The number of ether oxygens (including phenoxy) is 11. The number of carbonyl (C=O) groups excluding carboxylic acids is 7. The number of aryl methyl sites for hydroxylation is 1. The van der Waals surface area contributed by atoms with Gasteiger partial charge in [-0.1, -0.05) is 19.1 Å². The van der Waals surface area contributed by atoms with Crippen LogP contribution in [0.2, 0.25) is 0 Å². The van der Waals surface area contributed by atoms with E-state index in [0.717, 1.165) is 21.4 Å². The van der Waals surface area contributed by atoms with Crippen LogP contribution in [-0.4, -0.2) is 200 Å². The number of anilines is 1. The van der Waals surface area contributed by atoms with Gasteiger partial charge in [0, 0.05) is 60.3 Å². The van der Waals surface area contributed by atoms with Gasteiger partial charge in [-0.25, -0.2) is 14.6 Å². The van der Waals surface area contributed by atoms with E-state index in [1.807, 2.05) is 6.92 Å². The summed E-state index contributed by atoms with van der Waals surface area (Å²) in [6.45, 7) is 7.72. The van der Waals surface area contributed by atoms with Crippen molar-refractivity contribution in [3.63, 3.8) is 0 Å². The fourth-order valence-electron chi connectivity index (χ4n) is 9.53. The molecule has 2 aromatic carbocycles. The predicted molar refractivity (Wildman–Crippen MR) is 315 cm³/mol. The number of esters is 1. The Balaban J connectivity index is 0.684. The largest absolute Gasteiger partial charge is 0.509 e. The molecule has 27 nitrogen and oxygen atoms in total. The number of pyridine rings is 2. The summed E-state index contributed by atoms with van der Waals surface area (Å²) in [5.74, 6) is -2.96. The molecule has 0 spiro atoms. The number of nitrogens with two attached hydrogens (primary N) is 1. The number of amides is 5. The number of rotatable bonds is 41. The Bertz CT molecular complexity index is 3110. The lowest BCUT2D eigenvalue weighted by molar-refractivity contribution is -0.164. The van der Waals surface area contributed by atoms with Crippen LogP contribution in [0.4, 0.5) is 10.5 Å². The third-order valence-electron chi connectivity index (χ3n) is 14.1. The van der Waals surface area contributed by atoms with Crippen molar-refractivity contribution in [3.8, 4) is 17.1 Å². The van der Waals surface area contributed by atoms with Crippen molar-refractivity contribution in [2.45, 2.75) is 76.7 Å². The summed E-state index contributed by atoms with van der Waals surface area (Å²) in [5, 5.41) is 19.2. The van der Waals surface area contributed by atoms with Crippen molar-refractivity contribution >= 4 is 66.1 Å². The van der Waals surface area contributed by atoms with Gasteiger partial charge in [-0.15, -0.1) is 0 Å². The van der Waals surface area contributed by atoms with Gasteiger partial charge in [-0.05, 0) is 79.8 Å². The molecule has 0 saturated heterocycles. The van der Waals surface area contributed by atoms with Gasteiger partial charge in [0.05, 0.1) is 135 Å². The van der Waals surface area contributed by atoms with Crippen molar-refractivity contribution < 1.29 is 90.8 Å². The first-order chi connectivity index (χ1) is 42.7. The highest BCUT2D eigenvalue weighted by atomic mass is 16.7. The Morgan fingerprint density at radius 2 is 1.33 bits per heavy atom. The van der Waals surface area contributed by atoms with Gasteiger partial charge < -0.3 is 83.5 Å². The van der Waals surface area contributed by atoms with Gasteiger partial charge in [-0.3, -0.25) is 33.7 Å². The number of phenolic OH excluding ortho intramolecular Hbond substituents is 1. The fourth-order valence-corrected chi connectivity index (χ4v) is 9.53. The van der Waals surface area contributed by atoms with Gasteiger partial charge in [0.1, 0.15) is 25.0 Å². The highest BCUT2D eigenvalue weighted by Gasteiger charge is 2.48. The zero-order chi connectivity index (χ0) is 62.7. The van der Waals surface area contributed by atoms with Crippen LogP contribution >= 0.6 is 0 Å². The molecular formula is C60H76BN7O20. The molecule has 7 rings (SSSR count). The third-order valence-corrected chi connectivity index (χ3v) is 14.1. The van der Waals surface area contributed by atoms with E-state index in [1.165, 1.54) is 28.9 Å². The molecule has 0 fully saturated rings. The number of imide groups is 1. The summed E-state index contributed by atoms with van der Waals surface area (Å²) in [7, 11) is 6.50. The number of unbranched alkanes of at least 4 members (excludes halogenated alkanes) is 1. The molecule has 474 valence electrons. The average molecular weight is 1230 g/mol. The van der Waals surface area contributed by atoms with Gasteiger partial charge in [0.15, 0.2) is 13.3 Å². The summed E-state index contributed by atoms with van der Waals surface area (Å²) in [5.41, 5.74) is 6.68. The standard InChI is InChI=1S/C60H76BN7O20/c1-2-43-44-35-42(69)10-11-48(44)66-55-45(43)37-68-50(55)36-47-46(57(68)75)39-86-58(76)60(47,61)88-59(77)87-38-40-6-8-41(9-7-40)64-56(74)49(5-3-4-16-62)65-52(71)15-19-78-21-23-80-25-27-82-29-31-84-33-34-85-32-30-83-28-26-81-24-22-79-20-17-63-51(70)14-18-67-53(72)12-13-54(67)73/h6-13,35-36,49,69H,2-5,14-34,37-39,62H2,1H3,(H,63,70)(H,64,74)(H,65,71)/t49-,60-/m0/s1. The van der Waals surface area contributed by atoms with Crippen LogP contribution in [0, 0.1) is 0 Å². The molecule has 3 aliphatic heterocycles. The Hall–Kier alpha value is -7.67. The highest BCUT2D eigenvalue weighted by molar-refractivity contribution is 6.27. The van der Waals surface area contributed by atoms with E-state index in [0.29, 0.717) is 153 Å². The smallest absolute Gasteiger partial charge is 0.508 e. The number of hydrogen-bond acceptors (Lipinski definition) is 22. The number of fused-ring (bicyclic) bond motifs is 5. The first kappa shape index (κ1) is 67.8. The van der Waals surface area contributed by atoms with Crippen molar-refractivity contribution in [2.24, 2.45) is 5.73 Å². The van der Waals surface area contributed by atoms with E-state index in [4.69, 9.17) is 70.7 Å². The molecular weight excluding hydrogens is 1150 g/mol. The topological polar surface area (TPSA) is 341 Å². The zero-order valence-corrected chi connectivity index (χ0v) is 49.4. The minimum absolute atomic E-state index is 0.00990. The Morgan fingerprint density at radius 3 is 1.92 bits per heavy atom. The van der Waals surface area contributed by atoms with E-state index in [-0.39, 0.29) is 81.0 Å². The van der Waals surface area contributed by atoms with Crippen LogP contribution in [0.3, 0.4) is 0 Å². The Labute approximate surface area is 509 Å². The molecule has 2 radical (unpaired) electrons. The molecule has 2 aromatic heterocycles. The van der Waals surface area contributed by atoms with E-state index in [1.54, 1.807) is 36.4 Å². The molecule has 6 N–H and O–H groups in total. The number of nitrogens with one attached hydrogen (secondary N) is 3. The number of nitrogens with zero attached hydrogens (tertiary/aromatic N) is 3. The van der Waals surface area contributed by atoms with Gasteiger partial charge >= 0.3 is 12.1 Å². The normalized spacial score (nSPS) is 15.2. The molecule has 0 aliphatic carbocycles.